The van der Waals surface area contributed by atoms with Crippen LogP contribution in [0.25, 0.3) is 0 Å². The van der Waals surface area contributed by atoms with Crippen LogP contribution in [0.4, 0.5) is 5.69 Å². The van der Waals surface area contributed by atoms with E-state index in [0.717, 1.165) is 5.56 Å². The van der Waals surface area contributed by atoms with Gasteiger partial charge in [-0.15, -0.1) is 0 Å². The van der Waals surface area contributed by atoms with Crippen molar-refractivity contribution in [2.45, 2.75) is 32.7 Å². The highest BCUT2D eigenvalue weighted by atomic mass is 16.2. The highest BCUT2D eigenvalue weighted by molar-refractivity contribution is 5.97. The van der Waals surface area contributed by atoms with E-state index in [9.17, 15) is 14.4 Å². The van der Waals surface area contributed by atoms with Crippen LogP contribution in [-0.4, -0.2) is 41.8 Å². The molecule has 1 aliphatic heterocycles. The van der Waals surface area contributed by atoms with Crippen molar-refractivity contribution in [3.05, 3.63) is 65.2 Å². The molecule has 3 amide bonds. The Morgan fingerprint density at radius 1 is 0.964 bits per heavy atom. The molecule has 2 aromatic carbocycles. The Balaban J connectivity index is 1.54. The first-order valence-electron chi connectivity index (χ1n) is 9.47. The summed E-state index contributed by atoms with van der Waals surface area (Å²) in [6.45, 7) is 4.65. The highest BCUT2D eigenvalue weighted by Crippen LogP contribution is 2.16. The summed E-state index contributed by atoms with van der Waals surface area (Å²) in [7, 11) is 0. The van der Waals surface area contributed by atoms with E-state index < -0.39 is 0 Å². The van der Waals surface area contributed by atoms with Gasteiger partial charge in [-0.05, 0) is 50.1 Å². The minimum atomic E-state index is -0.178. The van der Waals surface area contributed by atoms with E-state index in [1.165, 1.54) is 6.92 Å². The number of carbonyl (C=O) groups excluding carboxylic acids is 3. The first-order valence-corrected chi connectivity index (χ1v) is 9.47. The van der Waals surface area contributed by atoms with Crippen LogP contribution < -0.4 is 10.6 Å². The lowest BCUT2D eigenvalue weighted by atomic mass is 10.0. The first kappa shape index (κ1) is 19.6. The Labute approximate surface area is 164 Å². The second kappa shape index (κ2) is 8.69. The highest BCUT2D eigenvalue weighted by Gasteiger charge is 2.25. The molecule has 6 heteroatoms. The molecule has 2 aromatic rings. The smallest absolute Gasteiger partial charge is 0.253 e. The quantitative estimate of drug-likeness (QED) is 0.857. The fraction of sp³-hybridized carbons (Fsp3) is 0.318. The molecule has 0 aromatic heterocycles. The number of piperidine rings is 1. The van der Waals surface area contributed by atoms with Crippen molar-refractivity contribution in [2.75, 3.05) is 18.4 Å². The molecule has 146 valence electrons. The van der Waals surface area contributed by atoms with Crippen LogP contribution in [0.5, 0.6) is 0 Å². The van der Waals surface area contributed by atoms with E-state index in [2.05, 4.69) is 10.6 Å². The summed E-state index contributed by atoms with van der Waals surface area (Å²) < 4.78 is 0. The van der Waals surface area contributed by atoms with Crippen molar-refractivity contribution in [2.24, 2.45) is 0 Å². The maximum absolute atomic E-state index is 12.6. The van der Waals surface area contributed by atoms with Gasteiger partial charge in [0.25, 0.3) is 11.8 Å². The van der Waals surface area contributed by atoms with E-state index >= 15 is 0 Å². The molecule has 3 rings (SSSR count). The van der Waals surface area contributed by atoms with Gasteiger partial charge in [-0.1, -0.05) is 23.8 Å². The summed E-state index contributed by atoms with van der Waals surface area (Å²) in [6.07, 6.45) is 1.43. The third-order valence-electron chi connectivity index (χ3n) is 4.86. The Kier molecular flexibility index (Phi) is 6.09. The molecule has 28 heavy (non-hydrogen) atoms. The molecule has 1 aliphatic rings. The number of carbonyl (C=O) groups is 3. The zero-order valence-corrected chi connectivity index (χ0v) is 16.2. The van der Waals surface area contributed by atoms with Crippen LogP contribution in [0.3, 0.4) is 0 Å². The van der Waals surface area contributed by atoms with Crippen LogP contribution in [-0.2, 0) is 4.79 Å². The second-order valence-electron chi connectivity index (χ2n) is 7.17. The molecule has 1 heterocycles. The van der Waals surface area contributed by atoms with Gasteiger partial charge in [-0.2, -0.15) is 0 Å². The number of aryl methyl sites for hydroxylation is 1. The number of likely N-dealkylation sites (tertiary alicyclic amines) is 1. The molecule has 1 fully saturated rings. The predicted molar refractivity (Wildman–Crippen MR) is 108 cm³/mol. The lowest BCUT2D eigenvalue weighted by Gasteiger charge is -2.32. The number of hydrogen-bond donors (Lipinski definition) is 2. The number of hydrogen-bond acceptors (Lipinski definition) is 3. The largest absolute Gasteiger partial charge is 0.349 e. The fourth-order valence-corrected chi connectivity index (χ4v) is 3.32. The van der Waals surface area contributed by atoms with Crippen LogP contribution in [0.15, 0.2) is 48.5 Å². The molecular formula is C22H25N3O3. The molecule has 0 atom stereocenters. The standard InChI is InChI=1S/C22H25N3O3/c1-15-6-8-17(9-7-15)22(28)25-12-10-19(11-13-25)24-21(27)18-4-3-5-20(14-18)23-16(2)26/h3-9,14,19H,10-13H2,1-2H3,(H,23,26)(H,24,27). The van der Waals surface area contributed by atoms with Gasteiger partial charge in [0, 0.05) is 42.9 Å². The van der Waals surface area contributed by atoms with Gasteiger partial charge in [0.15, 0.2) is 0 Å². The average Bonchev–Trinajstić information content (AvgIpc) is 2.68. The second-order valence-corrected chi connectivity index (χ2v) is 7.17. The lowest BCUT2D eigenvalue weighted by molar-refractivity contribution is -0.114. The van der Waals surface area contributed by atoms with Crippen LogP contribution >= 0.6 is 0 Å². The fourth-order valence-electron chi connectivity index (χ4n) is 3.32. The Morgan fingerprint density at radius 2 is 1.64 bits per heavy atom. The maximum atomic E-state index is 12.6. The Bertz CT molecular complexity index is 869. The molecule has 0 radical (unpaired) electrons. The van der Waals surface area contributed by atoms with Crippen molar-refractivity contribution < 1.29 is 14.4 Å². The van der Waals surface area contributed by atoms with Crippen molar-refractivity contribution in [1.82, 2.24) is 10.2 Å². The summed E-state index contributed by atoms with van der Waals surface area (Å²) >= 11 is 0. The van der Waals surface area contributed by atoms with Crippen molar-refractivity contribution >= 4 is 23.4 Å². The summed E-state index contributed by atoms with van der Waals surface area (Å²) in [6, 6.07) is 14.5. The minimum absolute atomic E-state index is 0.0268. The molecular weight excluding hydrogens is 354 g/mol. The number of nitrogens with zero attached hydrogens (tertiary/aromatic N) is 1. The number of rotatable bonds is 4. The molecule has 6 nitrogen and oxygen atoms in total. The molecule has 2 N–H and O–H groups in total. The van der Waals surface area contributed by atoms with Gasteiger partial charge in [0.2, 0.25) is 5.91 Å². The van der Waals surface area contributed by atoms with Gasteiger partial charge >= 0.3 is 0 Å². The van der Waals surface area contributed by atoms with Crippen molar-refractivity contribution in [1.29, 1.82) is 0 Å². The number of nitrogens with one attached hydrogen (secondary N) is 2. The number of amides is 3. The van der Waals surface area contributed by atoms with Gasteiger partial charge < -0.3 is 15.5 Å². The normalized spacial score (nSPS) is 14.4. The Hall–Kier alpha value is -3.15. The zero-order chi connectivity index (χ0) is 20.1. The Morgan fingerprint density at radius 3 is 2.29 bits per heavy atom. The summed E-state index contributed by atoms with van der Waals surface area (Å²) in [5.74, 6) is -0.313. The first-order chi connectivity index (χ1) is 13.4. The SMILES string of the molecule is CC(=O)Nc1cccc(C(=O)NC2CCN(C(=O)c3ccc(C)cc3)CC2)c1. The van der Waals surface area contributed by atoms with Gasteiger partial charge in [-0.3, -0.25) is 14.4 Å². The van der Waals surface area contributed by atoms with E-state index in [4.69, 9.17) is 0 Å². The summed E-state index contributed by atoms with van der Waals surface area (Å²) in [5.41, 5.74) is 2.92. The molecule has 0 bridgehead atoms. The van der Waals surface area contributed by atoms with Crippen molar-refractivity contribution in [3.8, 4) is 0 Å². The van der Waals surface area contributed by atoms with Crippen LogP contribution in [0, 0.1) is 6.92 Å². The van der Waals surface area contributed by atoms with E-state index in [1.807, 2.05) is 36.1 Å². The minimum Gasteiger partial charge on any atom is -0.349 e. The molecule has 0 unspecified atom stereocenters. The lowest BCUT2D eigenvalue weighted by Crippen LogP contribution is -2.46. The average molecular weight is 379 g/mol. The van der Waals surface area contributed by atoms with E-state index in [-0.39, 0.29) is 23.8 Å². The zero-order valence-electron chi connectivity index (χ0n) is 16.2. The topological polar surface area (TPSA) is 78.5 Å². The van der Waals surface area contributed by atoms with E-state index in [1.54, 1.807) is 24.3 Å². The summed E-state index contributed by atoms with van der Waals surface area (Å²) in [5, 5.41) is 5.71. The van der Waals surface area contributed by atoms with Gasteiger partial charge in [0.05, 0.1) is 0 Å². The molecule has 0 saturated carbocycles. The number of benzene rings is 2. The van der Waals surface area contributed by atoms with Gasteiger partial charge in [-0.25, -0.2) is 0 Å². The number of anilines is 1. The molecule has 0 spiro atoms. The monoisotopic (exact) mass is 379 g/mol. The predicted octanol–water partition coefficient (Wildman–Crippen LogP) is 2.99. The third kappa shape index (κ3) is 4.97. The summed E-state index contributed by atoms with van der Waals surface area (Å²) in [4.78, 5) is 38.1. The van der Waals surface area contributed by atoms with Crippen LogP contribution in [0.2, 0.25) is 0 Å². The van der Waals surface area contributed by atoms with Gasteiger partial charge in [0.1, 0.15) is 0 Å². The van der Waals surface area contributed by atoms with E-state index in [0.29, 0.717) is 42.7 Å². The third-order valence-corrected chi connectivity index (χ3v) is 4.86. The molecule has 0 aliphatic carbocycles. The van der Waals surface area contributed by atoms with Crippen LogP contribution in [0.1, 0.15) is 46.0 Å². The van der Waals surface area contributed by atoms with Crippen molar-refractivity contribution in [3.63, 3.8) is 0 Å². The maximum Gasteiger partial charge on any atom is 0.253 e. The molecule has 1 saturated heterocycles.